The molecule has 1 heterocycles. The molecule has 0 spiro atoms. The molecule has 0 aliphatic rings. The van der Waals surface area contributed by atoms with Crippen molar-refractivity contribution in [1.29, 1.82) is 0 Å². The molecule has 1 aromatic rings. The van der Waals surface area contributed by atoms with Gasteiger partial charge >= 0.3 is 0 Å². The molecule has 0 saturated carbocycles. The highest BCUT2D eigenvalue weighted by molar-refractivity contribution is 7.16. The molecule has 0 bridgehead atoms. The van der Waals surface area contributed by atoms with Crippen molar-refractivity contribution >= 4 is 22.9 Å². The average Bonchev–Trinajstić information content (AvgIpc) is 2.70. The Labute approximate surface area is 108 Å². The van der Waals surface area contributed by atoms with E-state index in [-0.39, 0.29) is 0 Å². The van der Waals surface area contributed by atoms with Gasteiger partial charge in [-0.2, -0.15) is 0 Å². The molecular formula is C13H22ClNS. The van der Waals surface area contributed by atoms with E-state index >= 15 is 0 Å². The predicted octanol–water partition coefficient (Wildman–Crippen LogP) is 5.02. The maximum atomic E-state index is 5.99. The first-order valence-electron chi connectivity index (χ1n) is 6.26. The molecule has 1 atom stereocenters. The number of hydrogen-bond donors (Lipinski definition) is 1. The Bertz CT molecular complexity index is 285. The van der Waals surface area contributed by atoms with Gasteiger partial charge in [-0.15, -0.1) is 11.3 Å². The van der Waals surface area contributed by atoms with Crippen molar-refractivity contribution in [2.24, 2.45) is 0 Å². The average molecular weight is 260 g/mol. The molecule has 1 N–H and O–H groups in total. The van der Waals surface area contributed by atoms with Crippen molar-refractivity contribution in [2.45, 2.75) is 52.0 Å². The van der Waals surface area contributed by atoms with E-state index in [1.807, 2.05) is 6.07 Å². The van der Waals surface area contributed by atoms with Crippen LogP contribution in [0.2, 0.25) is 4.34 Å². The molecule has 0 saturated heterocycles. The van der Waals surface area contributed by atoms with Gasteiger partial charge < -0.3 is 5.32 Å². The summed E-state index contributed by atoms with van der Waals surface area (Å²) in [6.07, 6.45) is 6.32. The van der Waals surface area contributed by atoms with Crippen LogP contribution in [0.25, 0.3) is 0 Å². The predicted molar refractivity (Wildman–Crippen MR) is 74.5 cm³/mol. The van der Waals surface area contributed by atoms with Crippen LogP contribution in [0.1, 0.15) is 56.9 Å². The SMILES string of the molecule is CCCCCC(NCCC)c1ccc(Cl)s1. The molecule has 1 rings (SSSR count). The maximum Gasteiger partial charge on any atom is 0.0931 e. The van der Waals surface area contributed by atoms with Gasteiger partial charge in [0.2, 0.25) is 0 Å². The first-order valence-corrected chi connectivity index (χ1v) is 7.46. The fourth-order valence-corrected chi connectivity index (χ4v) is 2.95. The van der Waals surface area contributed by atoms with Crippen LogP contribution < -0.4 is 5.32 Å². The van der Waals surface area contributed by atoms with Gasteiger partial charge in [0.1, 0.15) is 0 Å². The Morgan fingerprint density at radius 2 is 2.06 bits per heavy atom. The van der Waals surface area contributed by atoms with E-state index in [0.717, 1.165) is 10.9 Å². The number of nitrogens with one attached hydrogen (secondary N) is 1. The van der Waals surface area contributed by atoms with Crippen LogP contribution in [0.5, 0.6) is 0 Å². The second kappa shape index (κ2) is 8.10. The van der Waals surface area contributed by atoms with Crippen molar-refractivity contribution in [3.05, 3.63) is 21.3 Å². The minimum atomic E-state index is 0.504. The molecule has 1 aromatic heterocycles. The lowest BCUT2D eigenvalue weighted by atomic mass is 10.1. The molecule has 0 aromatic carbocycles. The van der Waals surface area contributed by atoms with E-state index in [4.69, 9.17) is 11.6 Å². The smallest absolute Gasteiger partial charge is 0.0931 e. The number of thiophene rings is 1. The van der Waals surface area contributed by atoms with Gasteiger partial charge in [0.05, 0.1) is 4.34 Å². The second-order valence-electron chi connectivity index (χ2n) is 4.14. The number of halogens is 1. The van der Waals surface area contributed by atoms with E-state index < -0.39 is 0 Å². The quantitative estimate of drug-likeness (QED) is 0.646. The molecule has 0 radical (unpaired) electrons. The molecule has 1 nitrogen and oxygen atoms in total. The van der Waals surface area contributed by atoms with E-state index in [0.29, 0.717) is 6.04 Å². The summed E-state index contributed by atoms with van der Waals surface area (Å²) in [5.41, 5.74) is 0. The van der Waals surface area contributed by atoms with Crippen molar-refractivity contribution in [3.8, 4) is 0 Å². The van der Waals surface area contributed by atoms with Gasteiger partial charge in [-0.1, -0.05) is 44.7 Å². The lowest BCUT2D eigenvalue weighted by Crippen LogP contribution is -2.21. The van der Waals surface area contributed by atoms with Gasteiger partial charge in [0.25, 0.3) is 0 Å². The Balaban J connectivity index is 2.49. The first-order chi connectivity index (χ1) is 7.77. The normalized spacial score (nSPS) is 12.9. The summed E-state index contributed by atoms with van der Waals surface area (Å²) in [5.74, 6) is 0. The maximum absolute atomic E-state index is 5.99. The highest BCUT2D eigenvalue weighted by atomic mass is 35.5. The third kappa shape index (κ3) is 4.86. The van der Waals surface area contributed by atoms with E-state index in [2.05, 4.69) is 25.2 Å². The first kappa shape index (κ1) is 14.0. The Morgan fingerprint density at radius 3 is 2.62 bits per heavy atom. The fourth-order valence-electron chi connectivity index (χ4n) is 1.78. The number of unbranched alkanes of at least 4 members (excludes halogenated alkanes) is 2. The van der Waals surface area contributed by atoms with Crippen molar-refractivity contribution in [1.82, 2.24) is 5.32 Å². The molecule has 0 amide bonds. The van der Waals surface area contributed by atoms with Crippen LogP contribution in [-0.4, -0.2) is 6.54 Å². The molecule has 16 heavy (non-hydrogen) atoms. The van der Waals surface area contributed by atoms with Gasteiger partial charge in [-0.3, -0.25) is 0 Å². The van der Waals surface area contributed by atoms with Gasteiger partial charge in [0, 0.05) is 10.9 Å². The molecule has 1 unspecified atom stereocenters. The Hall–Kier alpha value is -0.0500. The van der Waals surface area contributed by atoms with Crippen molar-refractivity contribution < 1.29 is 0 Å². The lowest BCUT2D eigenvalue weighted by molar-refractivity contribution is 0.480. The second-order valence-corrected chi connectivity index (χ2v) is 5.89. The standard InChI is InChI=1S/C13H22ClNS/c1-3-5-6-7-11(15-10-4-2)12-8-9-13(14)16-12/h8-9,11,15H,3-7,10H2,1-2H3. The highest BCUT2D eigenvalue weighted by Gasteiger charge is 2.12. The highest BCUT2D eigenvalue weighted by Crippen LogP contribution is 2.29. The summed E-state index contributed by atoms with van der Waals surface area (Å²) in [5, 5.41) is 3.61. The molecule has 0 fully saturated rings. The summed E-state index contributed by atoms with van der Waals surface area (Å²) in [4.78, 5) is 1.38. The van der Waals surface area contributed by atoms with Gasteiger partial charge in [-0.25, -0.2) is 0 Å². The zero-order valence-corrected chi connectivity index (χ0v) is 11.8. The van der Waals surface area contributed by atoms with Crippen molar-refractivity contribution in [3.63, 3.8) is 0 Å². The van der Waals surface area contributed by atoms with Crippen molar-refractivity contribution in [2.75, 3.05) is 6.54 Å². The molecule has 3 heteroatoms. The molecule has 0 aliphatic heterocycles. The summed E-state index contributed by atoms with van der Waals surface area (Å²) < 4.78 is 0.897. The molecular weight excluding hydrogens is 238 g/mol. The van der Waals surface area contributed by atoms with E-state index in [1.165, 1.54) is 37.0 Å². The third-order valence-corrected chi connectivity index (χ3v) is 4.02. The summed E-state index contributed by atoms with van der Waals surface area (Å²) in [6, 6.07) is 4.66. The lowest BCUT2D eigenvalue weighted by Gasteiger charge is -2.16. The molecule has 92 valence electrons. The van der Waals surface area contributed by atoms with Crippen LogP contribution in [0.15, 0.2) is 12.1 Å². The van der Waals surface area contributed by atoms with Gasteiger partial charge in [0.15, 0.2) is 0 Å². The van der Waals surface area contributed by atoms with E-state index in [1.54, 1.807) is 11.3 Å². The summed E-state index contributed by atoms with van der Waals surface area (Å²) >= 11 is 7.70. The van der Waals surface area contributed by atoms with E-state index in [9.17, 15) is 0 Å². The Morgan fingerprint density at radius 1 is 1.25 bits per heavy atom. The molecule has 0 aliphatic carbocycles. The minimum Gasteiger partial charge on any atom is -0.309 e. The van der Waals surface area contributed by atoms with Crippen LogP contribution in [0.4, 0.5) is 0 Å². The third-order valence-electron chi connectivity index (χ3n) is 2.67. The van der Waals surface area contributed by atoms with Crippen LogP contribution in [-0.2, 0) is 0 Å². The number of hydrogen-bond acceptors (Lipinski definition) is 2. The zero-order valence-electron chi connectivity index (χ0n) is 10.3. The summed E-state index contributed by atoms with van der Waals surface area (Å²) in [6.45, 7) is 5.54. The summed E-state index contributed by atoms with van der Waals surface area (Å²) in [7, 11) is 0. The largest absolute Gasteiger partial charge is 0.309 e. The fraction of sp³-hybridized carbons (Fsp3) is 0.692. The number of rotatable bonds is 8. The zero-order chi connectivity index (χ0) is 11.8. The monoisotopic (exact) mass is 259 g/mol. The Kier molecular flexibility index (Phi) is 7.10. The minimum absolute atomic E-state index is 0.504. The topological polar surface area (TPSA) is 12.0 Å². The van der Waals surface area contributed by atoms with Gasteiger partial charge in [-0.05, 0) is 31.5 Å². The van der Waals surface area contributed by atoms with Crippen LogP contribution in [0.3, 0.4) is 0 Å². The van der Waals surface area contributed by atoms with Crippen LogP contribution in [0, 0.1) is 0 Å². The van der Waals surface area contributed by atoms with Crippen LogP contribution >= 0.6 is 22.9 Å².